The van der Waals surface area contributed by atoms with Gasteiger partial charge in [-0.15, -0.1) is 0 Å². The number of fused-ring (bicyclic) bond motifs is 2. The van der Waals surface area contributed by atoms with Gasteiger partial charge in [0.2, 0.25) is 0 Å². The first-order valence-electron chi connectivity index (χ1n) is 14.9. The third-order valence-electron chi connectivity index (χ3n) is 8.01. The molecule has 0 aliphatic carbocycles. The van der Waals surface area contributed by atoms with Crippen LogP contribution < -0.4 is 20.1 Å². The number of nitrogens with zero attached hydrogens (tertiary/aromatic N) is 2. The number of benzene rings is 4. The van der Waals surface area contributed by atoms with Gasteiger partial charge in [-0.25, -0.2) is 0 Å². The second-order valence-electron chi connectivity index (χ2n) is 12.2. The van der Waals surface area contributed by atoms with Crippen molar-refractivity contribution < 1.29 is 18.5 Å². The van der Waals surface area contributed by atoms with Gasteiger partial charge in [-0.05, 0) is 67.3 Å². The molecule has 0 saturated heterocycles. The Morgan fingerprint density at radius 2 is 1.15 bits per heavy atom. The maximum absolute atomic E-state index is 5.49. The van der Waals surface area contributed by atoms with Crippen molar-refractivity contribution >= 4 is 65.4 Å². The largest absolute Gasteiger partial charge is 0.496 e. The van der Waals surface area contributed by atoms with E-state index in [0.717, 1.165) is 44.3 Å². The maximum atomic E-state index is 5.49. The maximum Gasteiger partial charge on any atom is 0.187 e. The molecule has 0 amide bonds. The van der Waals surface area contributed by atoms with Crippen LogP contribution in [0.15, 0.2) is 103 Å². The predicted molar refractivity (Wildman–Crippen MR) is 199 cm³/mol. The molecule has 0 fully saturated rings. The Balaban J connectivity index is 0.000000208. The third kappa shape index (κ3) is 7.93. The number of nitrogens with one attached hydrogen (secondary N) is 2. The van der Waals surface area contributed by atoms with Crippen LogP contribution in [-0.2, 0) is 10.8 Å². The first-order valence-corrected chi connectivity index (χ1v) is 16.5. The van der Waals surface area contributed by atoms with Crippen molar-refractivity contribution in [3.8, 4) is 11.5 Å². The average Bonchev–Trinajstić information content (AvgIpc) is 3.69. The summed E-state index contributed by atoms with van der Waals surface area (Å²) in [7, 11) is 3.29. The van der Waals surface area contributed by atoms with E-state index in [1.807, 2.05) is 36.4 Å². The Bertz CT molecular complexity index is 1850. The van der Waals surface area contributed by atoms with E-state index >= 15 is 0 Å². The van der Waals surface area contributed by atoms with Gasteiger partial charge in [0.05, 0.1) is 23.2 Å². The molecule has 6 rings (SSSR count). The Hall–Kier alpha value is -4.02. The summed E-state index contributed by atoms with van der Waals surface area (Å²) in [5.41, 5.74) is 3.86. The smallest absolute Gasteiger partial charge is 0.187 e. The summed E-state index contributed by atoms with van der Waals surface area (Å²) in [6.45, 7) is 10.3. The van der Waals surface area contributed by atoms with Crippen molar-refractivity contribution in [1.82, 2.24) is 10.3 Å². The molecule has 0 atom stereocenters. The first kappa shape index (κ1) is 35.8. The zero-order valence-corrected chi connectivity index (χ0v) is 30.0. The molecule has 0 aliphatic rings. The lowest BCUT2D eigenvalue weighted by atomic mass is 9.84. The summed E-state index contributed by atoms with van der Waals surface area (Å²) in [5.74, 6) is 2.86. The van der Waals surface area contributed by atoms with Gasteiger partial charge in [0.1, 0.15) is 22.3 Å². The highest BCUT2D eigenvalue weighted by Crippen LogP contribution is 2.39. The van der Waals surface area contributed by atoms with Crippen LogP contribution in [0.4, 0.5) is 11.6 Å². The highest BCUT2D eigenvalue weighted by Gasteiger charge is 2.24. The summed E-state index contributed by atoms with van der Waals surface area (Å²) in [5, 5.41) is 16.8. The standard InChI is InChI=1S/2C18H19BrN2O2.CH4/c1-18(2,12-7-5-4-6-8-12)11-20-17-15-14(23-21-17)10-9-13(19)16(15)22-3;1-18(2,12-7-5-4-6-8-12)11-20-17-15-14(22-3)10-9-13(19)16(15)23-21-17;/h2*4-10H,11H2,1-3H3,(H,20,21);1H4. The fourth-order valence-corrected chi connectivity index (χ4v) is 6.07. The summed E-state index contributed by atoms with van der Waals surface area (Å²) >= 11 is 6.99. The van der Waals surface area contributed by atoms with Crippen LogP contribution in [0.25, 0.3) is 21.9 Å². The number of halogens is 2. The molecule has 6 aromatic rings. The van der Waals surface area contributed by atoms with E-state index in [2.05, 4.69) is 129 Å². The van der Waals surface area contributed by atoms with Crippen LogP contribution >= 0.6 is 31.9 Å². The molecular formula is C37H42Br2N4O4. The van der Waals surface area contributed by atoms with Crippen molar-refractivity contribution in [3.63, 3.8) is 0 Å². The summed E-state index contributed by atoms with van der Waals surface area (Å²) < 4.78 is 23.5. The van der Waals surface area contributed by atoms with Crippen molar-refractivity contribution in [3.05, 3.63) is 105 Å². The van der Waals surface area contributed by atoms with E-state index in [-0.39, 0.29) is 18.3 Å². The molecule has 8 nitrogen and oxygen atoms in total. The molecule has 2 heterocycles. The Kier molecular flexibility index (Phi) is 11.6. The minimum absolute atomic E-state index is 0. The molecule has 0 unspecified atom stereocenters. The molecule has 2 N–H and O–H groups in total. The fraction of sp³-hybridized carbons (Fsp3) is 0.297. The molecule has 0 spiro atoms. The number of methoxy groups -OCH3 is 2. The van der Waals surface area contributed by atoms with Crippen molar-refractivity contribution in [2.24, 2.45) is 0 Å². The summed E-state index contributed by atoms with van der Waals surface area (Å²) in [6.07, 6.45) is 0. The Labute approximate surface area is 293 Å². The van der Waals surface area contributed by atoms with Gasteiger partial charge in [-0.3, -0.25) is 0 Å². The topological polar surface area (TPSA) is 94.6 Å². The highest BCUT2D eigenvalue weighted by atomic mass is 79.9. The minimum atomic E-state index is -0.0359. The molecule has 4 aromatic carbocycles. The Morgan fingerprint density at radius 1 is 0.638 bits per heavy atom. The van der Waals surface area contributed by atoms with E-state index < -0.39 is 0 Å². The van der Waals surface area contributed by atoms with Gasteiger partial charge < -0.3 is 29.2 Å². The van der Waals surface area contributed by atoms with Crippen LogP contribution in [0.1, 0.15) is 46.2 Å². The van der Waals surface area contributed by atoms with Crippen LogP contribution in [0.2, 0.25) is 0 Å². The van der Waals surface area contributed by atoms with E-state index in [4.69, 9.17) is 18.5 Å². The van der Waals surface area contributed by atoms with Gasteiger partial charge in [0.15, 0.2) is 22.8 Å². The normalized spacial score (nSPS) is 11.4. The number of hydrogen-bond acceptors (Lipinski definition) is 8. The predicted octanol–water partition coefficient (Wildman–Crippen LogP) is 10.6. The lowest BCUT2D eigenvalue weighted by Crippen LogP contribution is -2.27. The Morgan fingerprint density at radius 3 is 1.68 bits per heavy atom. The van der Waals surface area contributed by atoms with Crippen LogP contribution in [0.5, 0.6) is 11.5 Å². The van der Waals surface area contributed by atoms with Gasteiger partial charge in [-0.2, -0.15) is 0 Å². The lowest BCUT2D eigenvalue weighted by Gasteiger charge is -2.25. The van der Waals surface area contributed by atoms with Crippen LogP contribution in [-0.4, -0.2) is 37.6 Å². The molecule has 248 valence electrons. The van der Waals surface area contributed by atoms with Crippen molar-refractivity contribution in [1.29, 1.82) is 0 Å². The number of hydrogen-bond donors (Lipinski definition) is 2. The van der Waals surface area contributed by atoms with Crippen LogP contribution in [0.3, 0.4) is 0 Å². The average molecular weight is 767 g/mol. The molecule has 2 aromatic heterocycles. The summed E-state index contributed by atoms with van der Waals surface area (Å²) in [6, 6.07) is 28.4. The van der Waals surface area contributed by atoms with E-state index in [0.29, 0.717) is 22.8 Å². The highest BCUT2D eigenvalue weighted by molar-refractivity contribution is 9.11. The van der Waals surface area contributed by atoms with E-state index in [1.54, 1.807) is 14.2 Å². The number of ether oxygens (including phenoxy) is 2. The monoisotopic (exact) mass is 764 g/mol. The van der Waals surface area contributed by atoms with Gasteiger partial charge in [-0.1, -0.05) is 106 Å². The van der Waals surface area contributed by atoms with Crippen LogP contribution in [0, 0.1) is 0 Å². The quantitative estimate of drug-likeness (QED) is 0.142. The van der Waals surface area contributed by atoms with Crippen molar-refractivity contribution in [2.45, 2.75) is 46.0 Å². The minimum Gasteiger partial charge on any atom is -0.496 e. The molecule has 10 heteroatoms. The molecule has 47 heavy (non-hydrogen) atoms. The molecule has 0 saturated carbocycles. The van der Waals surface area contributed by atoms with Crippen molar-refractivity contribution in [2.75, 3.05) is 37.9 Å². The second kappa shape index (κ2) is 15.3. The molecule has 0 aliphatic heterocycles. The van der Waals surface area contributed by atoms with Gasteiger partial charge in [0.25, 0.3) is 0 Å². The van der Waals surface area contributed by atoms with Gasteiger partial charge >= 0.3 is 0 Å². The second-order valence-corrected chi connectivity index (χ2v) is 13.9. The molecule has 0 radical (unpaired) electrons. The van der Waals surface area contributed by atoms with E-state index in [9.17, 15) is 0 Å². The first-order chi connectivity index (χ1) is 22.1. The zero-order valence-electron chi connectivity index (χ0n) is 26.8. The zero-order chi connectivity index (χ0) is 32.9. The number of aromatic nitrogens is 2. The van der Waals surface area contributed by atoms with E-state index in [1.165, 1.54) is 11.1 Å². The van der Waals surface area contributed by atoms with Gasteiger partial charge in [0, 0.05) is 23.9 Å². The fourth-order valence-electron chi connectivity index (χ4n) is 5.17. The third-order valence-corrected chi connectivity index (χ3v) is 9.26. The molecule has 0 bridgehead atoms. The molecular weight excluding hydrogens is 724 g/mol. The number of rotatable bonds is 10. The SMILES string of the molecule is C.COc1c(Br)ccc2onc(NCC(C)(C)c3ccccc3)c12.COc1ccc(Br)c2onc(NCC(C)(C)c3ccccc3)c12. The number of anilines is 2. The lowest BCUT2D eigenvalue weighted by molar-refractivity contribution is 0.416. The summed E-state index contributed by atoms with van der Waals surface area (Å²) in [4.78, 5) is 0.